The van der Waals surface area contributed by atoms with Gasteiger partial charge in [0.1, 0.15) is 12.2 Å². The SMILES string of the molecule is CC1CSC2C(C=O)C(=O)c3cc(F)c(F)cc3N12. The summed E-state index contributed by atoms with van der Waals surface area (Å²) in [6, 6.07) is 2.03. The molecule has 100 valence electrons. The quantitative estimate of drug-likeness (QED) is 0.585. The summed E-state index contributed by atoms with van der Waals surface area (Å²) in [6.45, 7) is 1.94. The lowest BCUT2D eigenvalue weighted by Gasteiger charge is -2.37. The van der Waals surface area contributed by atoms with Gasteiger partial charge in [-0.2, -0.15) is 0 Å². The molecule has 19 heavy (non-hydrogen) atoms. The summed E-state index contributed by atoms with van der Waals surface area (Å²) in [7, 11) is 0. The Morgan fingerprint density at radius 1 is 1.37 bits per heavy atom. The number of halogens is 2. The molecule has 1 fully saturated rings. The number of aldehydes is 1. The van der Waals surface area contributed by atoms with E-state index in [2.05, 4.69) is 0 Å². The lowest BCUT2D eigenvalue weighted by Crippen LogP contribution is -2.47. The monoisotopic (exact) mass is 283 g/mol. The highest BCUT2D eigenvalue weighted by Gasteiger charge is 2.46. The Balaban J connectivity index is 2.22. The van der Waals surface area contributed by atoms with E-state index in [-0.39, 0.29) is 17.0 Å². The zero-order valence-corrected chi connectivity index (χ0v) is 10.9. The molecule has 3 rings (SSSR count). The molecular weight excluding hydrogens is 272 g/mol. The molecule has 2 aliphatic rings. The van der Waals surface area contributed by atoms with Crippen molar-refractivity contribution in [2.75, 3.05) is 10.7 Å². The molecule has 0 radical (unpaired) electrons. The van der Waals surface area contributed by atoms with Crippen molar-refractivity contribution in [3.8, 4) is 0 Å². The van der Waals surface area contributed by atoms with Crippen LogP contribution in [0.5, 0.6) is 0 Å². The molecule has 6 heteroatoms. The topological polar surface area (TPSA) is 37.4 Å². The number of thioether (sulfide) groups is 1. The van der Waals surface area contributed by atoms with E-state index in [0.717, 1.165) is 17.9 Å². The number of benzene rings is 1. The van der Waals surface area contributed by atoms with Gasteiger partial charge in [0.15, 0.2) is 17.4 Å². The van der Waals surface area contributed by atoms with Crippen LogP contribution in [-0.2, 0) is 4.79 Å². The van der Waals surface area contributed by atoms with Crippen LogP contribution in [0.4, 0.5) is 14.5 Å². The molecule has 0 aromatic heterocycles. The fraction of sp³-hybridized carbons (Fsp3) is 0.385. The van der Waals surface area contributed by atoms with E-state index in [0.29, 0.717) is 12.0 Å². The molecule has 0 amide bonds. The minimum Gasteiger partial charge on any atom is -0.354 e. The predicted molar refractivity (Wildman–Crippen MR) is 68.4 cm³/mol. The molecule has 0 spiro atoms. The molecule has 0 N–H and O–H groups in total. The van der Waals surface area contributed by atoms with E-state index in [1.54, 1.807) is 0 Å². The van der Waals surface area contributed by atoms with Gasteiger partial charge in [0.05, 0.1) is 11.1 Å². The highest BCUT2D eigenvalue weighted by Crippen LogP contribution is 2.44. The third-order valence-electron chi connectivity index (χ3n) is 3.60. The van der Waals surface area contributed by atoms with Gasteiger partial charge in [-0.1, -0.05) is 0 Å². The van der Waals surface area contributed by atoms with Gasteiger partial charge in [-0.3, -0.25) is 4.79 Å². The molecule has 0 aliphatic carbocycles. The standard InChI is InChI=1S/C13H11F2NO2S/c1-6-5-19-13-8(4-17)12(18)7-2-9(14)10(15)3-11(7)16(6)13/h2-4,6,8,13H,5H2,1H3. The fourth-order valence-electron chi connectivity index (χ4n) is 2.69. The van der Waals surface area contributed by atoms with Gasteiger partial charge in [0.2, 0.25) is 0 Å². The summed E-state index contributed by atoms with van der Waals surface area (Å²) in [5.41, 5.74) is 0.492. The summed E-state index contributed by atoms with van der Waals surface area (Å²) in [4.78, 5) is 25.2. The van der Waals surface area contributed by atoms with E-state index in [1.807, 2.05) is 11.8 Å². The Hall–Kier alpha value is -1.43. The first-order chi connectivity index (χ1) is 9.04. The van der Waals surface area contributed by atoms with Gasteiger partial charge in [-0.05, 0) is 13.0 Å². The second kappa shape index (κ2) is 4.30. The van der Waals surface area contributed by atoms with Gasteiger partial charge in [0, 0.05) is 23.4 Å². The normalized spacial score (nSPS) is 29.1. The molecule has 2 heterocycles. The number of rotatable bonds is 1. The third kappa shape index (κ3) is 1.69. The van der Waals surface area contributed by atoms with Gasteiger partial charge >= 0.3 is 0 Å². The minimum atomic E-state index is -1.06. The second-order valence-corrected chi connectivity index (χ2v) is 5.94. The lowest BCUT2D eigenvalue weighted by atomic mass is 9.90. The van der Waals surface area contributed by atoms with Crippen LogP contribution in [0.25, 0.3) is 0 Å². The van der Waals surface area contributed by atoms with Crippen LogP contribution in [0, 0.1) is 17.6 Å². The third-order valence-corrected chi connectivity index (χ3v) is 5.13. The first-order valence-corrected chi connectivity index (χ1v) is 6.98. The van der Waals surface area contributed by atoms with Crippen molar-refractivity contribution in [2.45, 2.75) is 18.3 Å². The van der Waals surface area contributed by atoms with Crippen LogP contribution < -0.4 is 4.90 Å². The van der Waals surface area contributed by atoms with Gasteiger partial charge in [0.25, 0.3) is 0 Å². The smallest absolute Gasteiger partial charge is 0.178 e. The van der Waals surface area contributed by atoms with Crippen molar-refractivity contribution in [1.29, 1.82) is 0 Å². The Kier molecular flexibility index (Phi) is 2.85. The Bertz CT molecular complexity index is 578. The van der Waals surface area contributed by atoms with E-state index in [1.165, 1.54) is 11.8 Å². The summed E-state index contributed by atoms with van der Waals surface area (Å²) < 4.78 is 26.7. The van der Waals surface area contributed by atoms with E-state index in [4.69, 9.17) is 0 Å². The first kappa shape index (κ1) is 12.6. The average molecular weight is 283 g/mol. The molecule has 3 atom stereocenters. The lowest BCUT2D eigenvalue weighted by molar-refractivity contribution is -0.109. The fourth-order valence-corrected chi connectivity index (χ4v) is 4.20. The maximum Gasteiger partial charge on any atom is 0.178 e. The summed E-state index contributed by atoms with van der Waals surface area (Å²) in [5.74, 6) is -2.52. The van der Waals surface area contributed by atoms with Crippen LogP contribution in [0.1, 0.15) is 17.3 Å². The molecule has 0 bridgehead atoms. The molecule has 1 saturated heterocycles. The van der Waals surface area contributed by atoms with Crippen molar-refractivity contribution in [2.24, 2.45) is 5.92 Å². The Labute approximate surface area is 113 Å². The number of nitrogens with zero attached hydrogens (tertiary/aromatic N) is 1. The average Bonchev–Trinajstić information content (AvgIpc) is 2.75. The first-order valence-electron chi connectivity index (χ1n) is 5.93. The van der Waals surface area contributed by atoms with Crippen LogP contribution in [0.15, 0.2) is 12.1 Å². The van der Waals surface area contributed by atoms with Crippen molar-refractivity contribution in [3.05, 3.63) is 29.3 Å². The van der Waals surface area contributed by atoms with E-state index in [9.17, 15) is 18.4 Å². The molecule has 1 aromatic carbocycles. The summed E-state index contributed by atoms with van der Waals surface area (Å²) in [6.07, 6.45) is 0.606. The van der Waals surface area contributed by atoms with Crippen LogP contribution in [0.2, 0.25) is 0 Å². The van der Waals surface area contributed by atoms with Crippen molar-refractivity contribution < 1.29 is 18.4 Å². The number of fused-ring (bicyclic) bond motifs is 3. The molecular formula is C13H11F2NO2S. The molecule has 3 unspecified atom stereocenters. The number of carbonyl (C=O) groups excluding carboxylic acids is 2. The number of carbonyl (C=O) groups is 2. The number of hydrogen-bond donors (Lipinski definition) is 0. The van der Waals surface area contributed by atoms with E-state index < -0.39 is 23.3 Å². The minimum absolute atomic E-state index is 0.0779. The maximum absolute atomic E-state index is 13.4. The largest absolute Gasteiger partial charge is 0.354 e. The molecule has 1 aromatic rings. The maximum atomic E-state index is 13.4. The predicted octanol–water partition coefficient (Wildman–Crippen LogP) is 2.24. The van der Waals surface area contributed by atoms with Crippen molar-refractivity contribution in [3.63, 3.8) is 0 Å². The summed E-state index contributed by atoms with van der Waals surface area (Å²) >= 11 is 1.50. The molecule has 0 saturated carbocycles. The van der Waals surface area contributed by atoms with Crippen LogP contribution in [0.3, 0.4) is 0 Å². The zero-order chi connectivity index (χ0) is 13.7. The second-order valence-electron chi connectivity index (χ2n) is 4.79. The number of hydrogen-bond acceptors (Lipinski definition) is 4. The van der Waals surface area contributed by atoms with Crippen LogP contribution in [-0.4, -0.2) is 29.2 Å². The van der Waals surface area contributed by atoms with E-state index >= 15 is 0 Å². The van der Waals surface area contributed by atoms with Crippen molar-refractivity contribution >= 4 is 29.5 Å². The van der Waals surface area contributed by atoms with Crippen LogP contribution >= 0.6 is 11.8 Å². The highest BCUT2D eigenvalue weighted by molar-refractivity contribution is 8.00. The van der Waals surface area contributed by atoms with Gasteiger partial charge < -0.3 is 9.69 Å². The molecule has 3 nitrogen and oxygen atoms in total. The Morgan fingerprint density at radius 3 is 2.74 bits per heavy atom. The molecule has 2 aliphatic heterocycles. The summed E-state index contributed by atoms with van der Waals surface area (Å²) in [5, 5.41) is -0.308. The number of anilines is 1. The van der Waals surface area contributed by atoms with Gasteiger partial charge in [-0.15, -0.1) is 11.8 Å². The highest BCUT2D eigenvalue weighted by atomic mass is 32.2. The number of Topliss-reactive ketones (excluding diaryl/α,β-unsaturated/α-hetero) is 1. The van der Waals surface area contributed by atoms with Gasteiger partial charge in [-0.25, -0.2) is 8.78 Å². The zero-order valence-electron chi connectivity index (χ0n) is 10.1. The Morgan fingerprint density at radius 2 is 2.05 bits per heavy atom. The number of ketones is 1. The van der Waals surface area contributed by atoms with Crippen molar-refractivity contribution in [1.82, 2.24) is 0 Å².